The van der Waals surface area contributed by atoms with Gasteiger partial charge in [0.25, 0.3) is 5.91 Å². The first-order chi connectivity index (χ1) is 8.59. The van der Waals surface area contributed by atoms with Crippen molar-refractivity contribution in [3.05, 3.63) is 22.4 Å². The lowest BCUT2D eigenvalue weighted by Gasteiger charge is -2.35. The summed E-state index contributed by atoms with van der Waals surface area (Å²) in [6, 6.07) is 3.23. The lowest BCUT2D eigenvalue weighted by atomic mass is 10.2. The minimum atomic E-state index is -0.468. The van der Waals surface area contributed by atoms with Crippen LogP contribution in [0.5, 0.6) is 0 Å². The summed E-state index contributed by atoms with van der Waals surface area (Å²) in [7, 11) is 0. The van der Waals surface area contributed by atoms with Crippen LogP contribution in [0.15, 0.2) is 17.5 Å². The van der Waals surface area contributed by atoms with Crippen molar-refractivity contribution < 1.29 is 9.59 Å². The Balaban J connectivity index is 1.91. The topological polar surface area (TPSA) is 66.6 Å². The van der Waals surface area contributed by atoms with Gasteiger partial charge < -0.3 is 15.5 Å². The number of nitrogens with zero attached hydrogens (tertiary/aromatic N) is 2. The molecule has 2 heterocycles. The maximum absolute atomic E-state index is 12.1. The second-order valence-electron chi connectivity index (χ2n) is 4.38. The molecule has 2 N–H and O–H groups in total. The Morgan fingerprint density at radius 2 is 1.89 bits per heavy atom. The molecule has 2 rings (SSSR count). The van der Waals surface area contributed by atoms with Crippen molar-refractivity contribution in [1.82, 2.24) is 9.80 Å². The van der Waals surface area contributed by atoms with E-state index in [1.165, 1.54) is 11.3 Å². The fourth-order valence-corrected chi connectivity index (χ4v) is 2.66. The molecule has 0 unspecified atom stereocenters. The minimum Gasteiger partial charge on any atom is -0.338 e. The molecule has 0 saturated carbocycles. The van der Waals surface area contributed by atoms with Gasteiger partial charge in [0.1, 0.15) is 0 Å². The molecule has 18 heavy (non-hydrogen) atoms. The van der Waals surface area contributed by atoms with Crippen LogP contribution in [-0.4, -0.2) is 53.8 Å². The standard InChI is InChI=1S/C12H17N3O2S/c1-9(13)11(16)14-4-6-15(7-5-14)12(17)10-3-2-8-18-10/h2-3,8-9H,4-7,13H2,1H3/t9-/m0/s1. The number of thiophene rings is 1. The van der Waals surface area contributed by atoms with Crippen LogP contribution in [0.25, 0.3) is 0 Å². The largest absolute Gasteiger partial charge is 0.338 e. The summed E-state index contributed by atoms with van der Waals surface area (Å²) in [5.41, 5.74) is 5.57. The second kappa shape index (κ2) is 5.49. The fraction of sp³-hybridized carbons (Fsp3) is 0.500. The van der Waals surface area contributed by atoms with Gasteiger partial charge in [-0.3, -0.25) is 9.59 Å². The number of rotatable bonds is 2. The molecular formula is C12H17N3O2S. The summed E-state index contributed by atoms with van der Waals surface area (Å²) in [6.45, 7) is 3.98. The van der Waals surface area contributed by atoms with Crippen LogP contribution in [0, 0.1) is 0 Å². The quantitative estimate of drug-likeness (QED) is 0.842. The van der Waals surface area contributed by atoms with Gasteiger partial charge in [-0.2, -0.15) is 0 Å². The molecule has 0 aliphatic carbocycles. The zero-order valence-corrected chi connectivity index (χ0v) is 11.2. The lowest BCUT2D eigenvalue weighted by Crippen LogP contribution is -2.53. The van der Waals surface area contributed by atoms with E-state index in [1.54, 1.807) is 16.7 Å². The third kappa shape index (κ3) is 2.70. The molecule has 1 aliphatic heterocycles. The first kappa shape index (κ1) is 13.0. The third-order valence-corrected chi connectivity index (χ3v) is 3.86. The van der Waals surface area contributed by atoms with Crippen LogP contribution in [0.4, 0.5) is 0 Å². The van der Waals surface area contributed by atoms with E-state index in [0.717, 1.165) is 4.88 Å². The molecule has 98 valence electrons. The smallest absolute Gasteiger partial charge is 0.264 e. The summed E-state index contributed by atoms with van der Waals surface area (Å²) in [5.74, 6) is 0.0103. The predicted molar refractivity (Wildman–Crippen MR) is 70.5 cm³/mol. The first-order valence-electron chi connectivity index (χ1n) is 5.96. The highest BCUT2D eigenvalue weighted by Gasteiger charge is 2.26. The molecule has 1 fully saturated rings. The third-order valence-electron chi connectivity index (χ3n) is 3.00. The predicted octanol–water partition coefficient (Wildman–Crippen LogP) is 0.380. The minimum absolute atomic E-state index is 0.0433. The zero-order chi connectivity index (χ0) is 13.1. The molecular weight excluding hydrogens is 250 g/mol. The van der Waals surface area contributed by atoms with Gasteiger partial charge >= 0.3 is 0 Å². The summed E-state index contributed by atoms with van der Waals surface area (Å²) >= 11 is 1.44. The molecule has 0 bridgehead atoms. The van der Waals surface area contributed by atoms with Crippen molar-refractivity contribution in [3.63, 3.8) is 0 Å². The number of carbonyl (C=O) groups is 2. The summed E-state index contributed by atoms with van der Waals surface area (Å²) in [5, 5.41) is 1.89. The summed E-state index contributed by atoms with van der Waals surface area (Å²) in [4.78, 5) is 28.0. The number of carbonyl (C=O) groups excluding carboxylic acids is 2. The van der Waals surface area contributed by atoms with Crippen LogP contribution in [0.2, 0.25) is 0 Å². The van der Waals surface area contributed by atoms with Crippen LogP contribution in [0.3, 0.4) is 0 Å². The summed E-state index contributed by atoms with van der Waals surface area (Å²) in [6.07, 6.45) is 0. The molecule has 1 aromatic heterocycles. The van der Waals surface area contributed by atoms with E-state index in [0.29, 0.717) is 26.2 Å². The monoisotopic (exact) mass is 267 g/mol. The van der Waals surface area contributed by atoms with Crippen molar-refractivity contribution in [1.29, 1.82) is 0 Å². The molecule has 5 nitrogen and oxygen atoms in total. The zero-order valence-electron chi connectivity index (χ0n) is 10.3. The normalized spacial score (nSPS) is 17.7. The van der Waals surface area contributed by atoms with Crippen molar-refractivity contribution in [3.8, 4) is 0 Å². The van der Waals surface area contributed by atoms with Gasteiger partial charge in [0, 0.05) is 26.2 Å². The first-order valence-corrected chi connectivity index (χ1v) is 6.84. The van der Waals surface area contributed by atoms with Gasteiger partial charge in [-0.15, -0.1) is 11.3 Å². The Labute approximate surface area is 110 Å². The Hall–Kier alpha value is -1.40. The van der Waals surface area contributed by atoms with E-state index in [4.69, 9.17) is 5.73 Å². The molecule has 0 radical (unpaired) electrons. The van der Waals surface area contributed by atoms with Crippen LogP contribution >= 0.6 is 11.3 Å². The number of piperazine rings is 1. The number of amides is 2. The number of nitrogens with two attached hydrogens (primary N) is 1. The van der Waals surface area contributed by atoms with Gasteiger partial charge in [0.05, 0.1) is 10.9 Å². The average Bonchev–Trinajstić information content (AvgIpc) is 2.91. The molecule has 0 aromatic carbocycles. The van der Waals surface area contributed by atoms with E-state index in [9.17, 15) is 9.59 Å². The fourth-order valence-electron chi connectivity index (χ4n) is 1.97. The van der Waals surface area contributed by atoms with E-state index >= 15 is 0 Å². The van der Waals surface area contributed by atoms with E-state index < -0.39 is 6.04 Å². The summed E-state index contributed by atoms with van der Waals surface area (Å²) < 4.78 is 0. The van der Waals surface area contributed by atoms with Gasteiger partial charge in [-0.05, 0) is 18.4 Å². The number of hydrogen-bond donors (Lipinski definition) is 1. The number of hydrogen-bond acceptors (Lipinski definition) is 4. The Morgan fingerprint density at radius 1 is 1.28 bits per heavy atom. The lowest BCUT2D eigenvalue weighted by molar-refractivity contribution is -0.133. The molecule has 1 aromatic rings. The van der Waals surface area contributed by atoms with Crippen molar-refractivity contribution in [2.45, 2.75) is 13.0 Å². The molecule has 2 amide bonds. The molecule has 1 aliphatic rings. The van der Waals surface area contributed by atoms with Gasteiger partial charge in [0.2, 0.25) is 5.91 Å². The van der Waals surface area contributed by atoms with Gasteiger partial charge in [-0.1, -0.05) is 6.07 Å². The second-order valence-corrected chi connectivity index (χ2v) is 5.33. The Morgan fingerprint density at radius 3 is 2.39 bits per heavy atom. The van der Waals surface area contributed by atoms with E-state index in [2.05, 4.69) is 0 Å². The van der Waals surface area contributed by atoms with Gasteiger partial charge in [-0.25, -0.2) is 0 Å². The highest BCUT2D eigenvalue weighted by Crippen LogP contribution is 2.14. The Kier molecular flexibility index (Phi) is 3.98. The highest BCUT2D eigenvalue weighted by atomic mass is 32.1. The van der Waals surface area contributed by atoms with Crippen molar-refractivity contribution >= 4 is 23.2 Å². The molecule has 1 saturated heterocycles. The maximum Gasteiger partial charge on any atom is 0.264 e. The average molecular weight is 267 g/mol. The molecule has 6 heteroatoms. The van der Waals surface area contributed by atoms with Crippen molar-refractivity contribution in [2.24, 2.45) is 5.73 Å². The van der Waals surface area contributed by atoms with Crippen LogP contribution in [0.1, 0.15) is 16.6 Å². The molecule has 0 spiro atoms. The SMILES string of the molecule is C[C@H](N)C(=O)N1CCN(C(=O)c2cccs2)CC1. The molecule has 1 atom stereocenters. The van der Waals surface area contributed by atoms with Crippen LogP contribution in [-0.2, 0) is 4.79 Å². The maximum atomic E-state index is 12.1. The van der Waals surface area contributed by atoms with E-state index in [-0.39, 0.29) is 11.8 Å². The Bertz CT molecular complexity index is 423. The van der Waals surface area contributed by atoms with Crippen LogP contribution < -0.4 is 5.73 Å². The van der Waals surface area contributed by atoms with Gasteiger partial charge in [0.15, 0.2) is 0 Å². The van der Waals surface area contributed by atoms with Crippen molar-refractivity contribution in [2.75, 3.05) is 26.2 Å². The highest BCUT2D eigenvalue weighted by molar-refractivity contribution is 7.12. The van der Waals surface area contributed by atoms with E-state index in [1.807, 2.05) is 17.5 Å².